The quantitative estimate of drug-likeness (QED) is 0.657. The predicted molar refractivity (Wildman–Crippen MR) is 109 cm³/mol. The summed E-state index contributed by atoms with van der Waals surface area (Å²) in [5.41, 5.74) is -0.587. The van der Waals surface area contributed by atoms with Crippen LogP contribution in [0.15, 0.2) is 55.0 Å². The van der Waals surface area contributed by atoms with E-state index in [9.17, 15) is 13.6 Å². The maximum absolute atomic E-state index is 15.4. The summed E-state index contributed by atoms with van der Waals surface area (Å²) >= 11 is 5.66. The molecular formula is C21H19ClF3N5O. The number of nitrogens with zero attached hydrogens (tertiary/aromatic N) is 3. The highest BCUT2D eigenvalue weighted by atomic mass is 35.5. The average Bonchev–Trinajstić information content (AvgIpc) is 2.75. The molecular weight excluding hydrogens is 431 g/mol. The van der Waals surface area contributed by atoms with Crippen molar-refractivity contribution in [3.8, 4) is 0 Å². The van der Waals surface area contributed by atoms with Crippen LogP contribution in [0.1, 0.15) is 41.6 Å². The molecule has 1 aliphatic heterocycles. The predicted octanol–water partition coefficient (Wildman–Crippen LogP) is 4.77. The van der Waals surface area contributed by atoms with Gasteiger partial charge in [0.2, 0.25) is 11.2 Å². The molecule has 0 radical (unpaired) electrons. The van der Waals surface area contributed by atoms with E-state index < -0.39 is 29.1 Å². The minimum Gasteiger partial charge on any atom is -0.375 e. The number of nitrogens with one attached hydrogen (secondary N) is 2. The fourth-order valence-electron chi connectivity index (χ4n) is 4.19. The number of carbonyl (C=O) groups excluding carboxylic acids is 1. The second-order valence-corrected chi connectivity index (χ2v) is 7.91. The number of carbonyl (C=O) groups is 1. The number of rotatable bonds is 4. The summed E-state index contributed by atoms with van der Waals surface area (Å²) in [5.74, 6) is -4.26. The van der Waals surface area contributed by atoms with E-state index in [1.807, 2.05) is 0 Å². The SMILES string of the molecule is O=C(Nc1cnccc1C1(C2CCC(F)(F)CC2)NC=CC=C1F)c1cnc(Cl)nc1. The van der Waals surface area contributed by atoms with Gasteiger partial charge in [0.05, 0.1) is 17.4 Å². The number of hydrogen-bond donors (Lipinski definition) is 2. The first-order valence-electron chi connectivity index (χ1n) is 9.73. The molecule has 3 heterocycles. The molecule has 0 spiro atoms. The number of alkyl halides is 2. The summed E-state index contributed by atoms with van der Waals surface area (Å²) in [6.45, 7) is 0. The van der Waals surface area contributed by atoms with Crippen LogP contribution >= 0.6 is 11.6 Å². The Bertz CT molecular complexity index is 1030. The topological polar surface area (TPSA) is 79.8 Å². The third kappa shape index (κ3) is 4.14. The van der Waals surface area contributed by atoms with Gasteiger partial charge in [-0.1, -0.05) is 0 Å². The Balaban J connectivity index is 1.72. The minimum atomic E-state index is -2.76. The van der Waals surface area contributed by atoms with Crippen molar-refractivity contribution >= 4 is 23.2 Å². The number of anilines is 1. The van der Waals surface area contributed by atoms with Gasteiger partial charge in [0.25, 0.3) is 5.91 Å². The molecule has 2 aromatic rings. The molecule has 31 heavy (non-hydrogen) atoms. The maximum atomic E-state index is 15.4. The monoisotopic (exact) mass is 449 g/mol. The molecule has 0 aromatic carbocycles. The molecule has 10 heteroatoms. The molecule has 4 rings (SSSR count). The van der Waals surface area contributed by atoms with Crippen LogP contribution in [0, 0.1) is 5.92 Å². The molecule has 1 fully saturated rings. The van der Waals surface area contributed by atoms with Crippen molar-refractivity contribution in [3.63, 3.8) is 0 Å². The van der Waals surface area contributed by atoms with Gasteiger partial charge < -0.3 is 10.6 Å². The second-order valence-electron chi connectivity index (χ2n) is 7.57. The first-order chi connectivity index (χ1) is 14.8. The van der Waals surface area contributed by atoms with Gasteiger partial charge in [-0.15, -0.1) is 0 Å². The van der Waals surface area contributed by atoms with Crippen LogP contribution < -0.4 is 10.6 Å². The van der Waals surface area contributed by atoms with Gasteiger partial charge in [0.15, 0.2) is 0 Å². The number of allylic oxidation sites excluding steroid dienone is 2. The van der Waals surface area contributed by atoms with Crippen LogP contribution in [0.3, 0.4) is 0 Å². The first-order valence-corrected chi connectivity index (χ1v) is 10.1. The lowest BCUT2D eigenvalue weighted by molar-refractivity contribution is -0.0560. The fraction of sp³-hybridized carbons (Fsp3) is 0.333. The van der Waals surface area contributed by atoms with Gasteiger partial charge in [0.1, 0.15) is 11.4 Å². The average molecular weight is 450 g/mol. The van der Waals surface area contributed by atoms with Crippen LogP contribution in [0.4, 0.5) is 18.9 Å². The van der Waals surface area contributed by atoms with Crippen LogP contribution in [0.25, 0.3) is 0 Å². The molecule has 162 valence electrons. The van der Waals surface area contributed by atoms with Crippen LogP contribution in [0.5, 0.6) is 0 Å². The van der Waals surface area contributed by atoms with Crippen molar-refractivity contribution in [2.75, 3.05) is 5.32 Å². The Morgan fingerprint density at radius 3 is 2.58 bits per heavy atom. The Morgan fingerprint density at radius 2 is 1.90 bits per heavy atom. The lowest BCUT2D eigenvalue weighted by atomic mass is 9.68. The van der Waals surface area contributed by atoms with Gasteiger partial charge >= 0.3 is 0 Å². The van der Waals surface area contributed by atoms with E-state index in [0.717, 1.165) is 0 Å². The molecule has 1 atom stereocenters. The number of halogens is 4. The summed E-state index contributed by atoms with van der Waals surface area (Å²) in [6, 6.07) is 1.58. The van der Waals surface area contributed by atoms with E-state index in [2.05, 4.69) is 25.6 Å². The van der Waals surface area contributed by atoms with Crippen LogP contribution in [-0.2, 0) is 5.54 Å². The molecule has 1 unspecified atom stereocenters. The van der Waals surface area contributed by atoms with Gasteiger partial charge in [0, 0.05) is 37.0 Å². The molecule has 0 bridgehead atoms. The lowest BCUT2D eigenvalue weighted by Gasteiger charge is -2.45. The number of pyridine rings is 1. The van der Waals surface area contributed by atoms with E-state index in [1.165, 1.54) is 36.9 Å². The molecule has 1 amide bonds. The Morgan fingerprint density at radius 1 is 1.19 bits per heavy atom. The number of amides is 1. The van der Waals surface area contributed by atoms with E-state index in [1.54, 1.807) is 12.3 Å². The molecule has 2 aromatic heterocycles. The van der Waals surface area contributed by atoms with Crippen molar-refractivity contribution in [1.29, 1.82) is 0 Å². The molecule has 1 saturated carbocycles. The van der Waals surface area contributed by atoms with Crippen molar-refractivity contribution in [3.05, 3.63) is 71.4 Å². The highest BCUT2D eigenvalue weighted by molar-refractivity contribution is 6.28. The second kappa shape index (κ2) is 8.30. The normalized spacial score (nSPS) is 23.0. The van der Waals surface area contributed by atoms with Crippen molar-refractivity contribution in [2.24, 2.45) is 5.92 Å². The minimum absolute atomic E-state index is 0.00271. The summed E-state index contributed by atoms with van der Waals surface area (Å²) in [6.07, 6.45) is 9.39. The van der Waals surface area contributed by atoms with E-state index in [0.29, 0.717) is 5.56 Å². The summed E-state index contributed by atoms with van der Waals surface area (Å²) < 4.78 is 43.1. The zero-order valence-electron chi connectivity index (χ0n) is 16.3. The van der Waals surface area contributed by atoms with Crippen molar-refractivity contribution < 1.29 is 18.0 Å². The maximum Gasteiger partial charge on any atom is 0.258 e. The molecule has 0 saturated heterocycles. The summed E-state index contributed by atoms with van der Waals surface area (Å²) in [7, 11) is 0. The van der Waals surface area contributed by atoms with Crippen LogP contribution in [0.2, 0.25) is 5.28 Å². The van der Waals surface area contributed by atoms with Gasteiger partial charge in [-0.3, -0.25) is 9.78 Å². The third-order valence-electron chi connectivity index (χ3n) is 5.73. The van der Waals surface area contributed by atoms with E-state index >= 15 is 4.39 Å². The van der Waals surface area contributed by atoms with Crippen molar-refractivity contribution in [1.82, 2.24) is 20.3 Å². The van der Waals surface area contributed by atoms with Gasteiger partial charge in [-0.25, -0.2) is 23.1 Å². The van der Waals surface area contributed by atoms with Crippen molar-refractivity contribution in [2.45, 2.75) is 37.1 Å². The van der Waals surface area contributed by atoms with E-state index in [4.69, 9.17) is 11.6 Å². The Labute approximate surface area is 181 Å². The Kier molecular flexibility index (Phi) is 5.70. The van der Waals surface area contributed by atoms with Gasteiger partial charge in [-0.2, -0.15) is 0 Å². The fourth-order valence-corrected chi connectivity index (χ4v) is 4.28. The largest absolute Gasteiger partial charge is 0.375 e. The number of aromatic nitrogens is 3. The van der Waals surface area contributed by atoms with Gasteiger partial charge in [-0.05, 0) is 54.8 Å². The first kappa shape index (κ1) is 21.3. The molecule has 2 aliphatic rings. The Hall–Kier alpha value is -2.94. The highest BCUT2D eigenvalue weighted by Gasteiger charge is 2.50. The standard InChI is InChI=1S/C21H19ClF3N5O/c22-19-27-10-13(11-28-19)18(31)30-16-12-26-9-5-15(16)21(17(23)2-1-8-29-21)14-3-6-20(24,25)7-4-14/h1-2,5,8-12,14,29H,3-4,6-7H2,(H,30,31). The zero-order valence-corrected chi connectivity index (χ0v) is 17.0. The summed E-state index contributed by atoms with van der Waals surface area (Å²) in [5, 5.41) is 5.78. The van der Waals surface area contributed by atoms with E-state index in [-0.39, 0.29) is 42.2 Å². The zero-order chi connectivity index (χ0) is 22.1. The third-order valence-corrected chi connectivity index (χ3v) is 5.93. The lowest BCUT2D eigenvalue weighted by Crippen LogP contribution is -2.50. The number of dihydropyridines is 1. The molecule has 2 N–H and O–H groups in total. The molecule has 6 nitrogen and oxygen atoms in total. The highest BCUT2D eigenvalue weighted by Crippen LogP contribution is 2.50. The van der Waals surface area contributed by atoms with Crippen LogP contribution in [-0.4, -0.2) is 26.8 Å². The summed E-state index contributed by atoms with van der Waals surface area (Å²) in [4.78, 5) is 24.3. The number of hydrogen-bond acceptors (Lipinski definition) is 5. The smallest absolute Gasteiger partial charge is 0.258 e. The molecule has 1 aliphatic carbocycles.